The van der Waals surface area contributed by atoms with Crippen LogP contribution >= 0.6 is 11.8 Å². The normalized spacial score (nSPS) is 17.9. The molecule has 0 amide bonds. The van der Waals surface area contributed by atoms with Crippen LogP contribution in [0.25, 0.3) is 0 Å². The summed E-state index contributed by atoms with van der Waals surface area (Å²) in [4.78, 5) is 20.5. The molecule has 1 aromatic rings. The number of ketones is 1. The van der Waals surface area contributed by atoms with Crippen molar-refractivity contribution in [2.45, 2.75) is 19.4 Å². The lowest BCUT2D eigenvalue weighted by Crippen LogP contribution is -2.16. The van der Waals surface area contributed by atoms with Crippen molar-refractivity contribution in [2.24, 2.45) is 4.99 Å². The number of allylic oxidation sites excluding steroid dienone is 2. The van der Waals surface area contributed by atoms with E-state index < -0.39 is 0 Å². The summed E-state index contributed by atoms with van der Waals surface area (Å²) in [5, 5.41) is 0. The Morgan fingerprint density at radius 3 is 3.06 bits per heavy atom. The van der Waals surface area contributed by atoms with Crippen LogP contribution in [0.15, 0.2) is 35.5 Å². The van der Waals surface area contributed by atoms with Gasteiger partial charge in [-0.15, -0.1) is 0 Å². The van der Waals surface area contributed by atoms with E-state index in [1.54, 1.807) is 18.3 Å². The van der Waals surface area contributed by atoms with Crippen molar-refractivity contribution in [2.75, 3.05) is 12.0 Å². The van der Waals surface area contributed by atoms with E-state index in [9.17, 15) is 4.79 Å². The van der Waals surface area contributed by atoms with Gasteiger partial charge in [0.15, 0.2) is 0 Å². The van der Waals surface area contributed by atoms with Crippen LogP contribution in [-0.2, 0) is 0 Å². The fourth-order valence-electron chi connectivity index (χ4n) is 1.83. The molecule has 0 N–H and O–H groups in total. The van der Waals surface area contributed by atoms with Gasteiger partial charge < -0.3 is 0 Å². The topological polar surface area (TPSA) is 42.3 Å². The first-order valence-corrected chi connectivity index (χ1v) is 7.36. The Morgan fingerprint density at radius 1 is 1.44 bits per heavy atom. The molecule has 1 atom stereocenters. The van der Waals surface area contributed by atoms with Gasteiger partial charge in [-0.1, -0.05) is 0 Å². The molecule has 3 nitrogen and oxygen atoms in total. The quantitative estimate of drug-likeness (QED) is 0.836. The van der Waals surface area contributed by atoms with Gasteiger partial charge >= 0.3 is 0 Å². The summed E-state index contributed by atoms with van der Waals surface area (Å²) in [5.74, 6) is 1.06. The predicted molar refractivity (Wildman–Crippen MR) is 76.7 cm³/mol. The molecular formula is C14H16N2OS. The Balaban J connectivity index is 2.27. The van der Waals surface area contributed by atoms with Gasteiger partial charge in [-0.3, -0.25) is 14.8 Å². The van der Waals surface area contributed by atoms with Crippen LogP contribution in [0.2, 0.25) is 0 Å². The summed E-state index contributed by atoms with van der Waals surface area (Å²) in [6, 6.07) is 4.01. The molecule has 4 heteroatoms. The number of hydrogen-bond donors (Lipinski definition) is 0. The molecule has 2 rings (SSSR count). The molecule has 0 spiro atoms. The molecule has 0 radical (unpaired) electrons. The minimum absolute atomic E-state index is 0.0404. The Bertz CT molecular complexity index is 508. The van der Waals surface area contributed by atoms with Crippen LogP contribution in [0.3, 0.4) is 0 Å². The average molecular weight is 260 g/mol. The predicted octanol–water partition coefficient (Wildman–Crippen LogP) is 2.76. The maximum absolute atomic E-state index is 11.7. The number of rotatable bonds is 4. The molecule has 1 aromatic heterocycles. The SMILES string of the molecule is CSCCC(C)N=C1C=CC(=O)c2ncccc21. The third-order valence-corrected chi connectivity index (χ3v) is 3.45. The van der Waals surface area contributed by atoms with E-state index in [1.807, 2.05) is 23.9 Å². The molecule has 0 fully saturated rings. The summed E-state index contributed by atoms with van der Waals surface area (Å²) in [7, 11) is 0. The van der Waals surface area contributed by atoms with Crippen molar-refractivity contribution in [1.29, 1.82) is 0 Å². The van der Waals surface area contributed by atoms with Crippen LogP contribution in [0, 0.1) is 0 Å². The maximum Gasteiger partial charge on any atom is 0.204 e. The van der Waals surface area contributed by atoms with E-state index in [2.05, 4.69) is 23.2 Å². The maximum atomic E-state index is 11.7. The highest BCUT2D eigenvalue weighted by Crippen LogP contribution is 2.16. The van der Waals surface area contributed by atoms with Crippen molar-refractivity contribution < 1.29 is 4.79 Å². The third kappa shape index (κ3) is 2.88. The summed E-state index contributed by atoms with van der Waals surface area (Å²) in [6.07, 6.45) is 8.13. The minimum atomic E-state index is -0.0404. The average Bonchev–Trinajstić information content (AvgIpc) is 2.40. The number of thioether (sulfide) groups is 1. The second-order valence-corrected chi connectivity index (χ2v) is 5.23. The number of aliphatic imine (C=N–C) groups is 1. The van der Waals surface area contributed by atoms with Gasteiger partial charge in [0.2, 0.25) is 5.78 Å². The second-order valence-electron chi connectivity index (χ2n) is 4.24. The van der Waals surface area contributed by atoms with Gasteiger partial charge in [0.05, 0.1) is 5.71 Å². The monoisotopic (exact) mass is 260 g/mol. The summed E-state index contributed by atoms with van der Waals surface area (Å²) >= 11 is 1.82. The van der Waals surface area contributed by atoms with Gasteiger partial charge in [-0.05, 0) is 49.6 Å². The van der Waals surface area contributed by atoms with E-state index in [-0.39, 0.29) is 11.8 Å². The van der Waals surface area contributed by atoms with Crippen LogP contribution in [-0.4, -0.2) is 34.5 Å². The van der Waals surface area contributed by atoms with Gasteiger partial charge in [0, 0.05) is 17.8 Å². The second kappa shape index (κ2) is 5.96. The van der Waals surface area contributed by atoms with Crippen LogP contribution < -0.4 is 0 Å². The van der Waals surface area contributed by atoms with Gasteiger partial charge in [-0.25, -0.2) is 0 Å². The van der Waals surface area contributed by atoms with Crippen molar-refractivity contribution in [3.05, 3.63) is 41.7 Å². The molecule has 0 aliphatic heterocycles. The number of pyridine rings is 1. The lowest BCUT2D eigenvalue weighted by Gasteiger charge is -2.13. The zero-order valence-corrected chi connectivity index (χ0v) is 11.4. The Labute approximate surface area is 111 Å². The molecule has 18 heavy (non-hydrogen) atoms. The van der Waals surface area contributed by atoms with Gasteiger partial charge in [-0.2, -0.15) is 11.8 Å². The molecule has 0 bridgehead atoms. The van der Waals surface area contributed by atoms with Crippen molar-refractivity contribution in [1.82, 2.24) is 4.98 Å². The van der Waals surface area contributed by atoms with E-state index in [0.29, 0.717) is 5.69 Å². The highest BCUT2D eigenvalue weighted by atomic mass is 32.2. The number of fused-ring (bicyclic) bond motifs is 1. The van der Waals surface area contributed by atoms with Crippen LogP contribution in [0.4, 0.5) is 0 Å². The Kier molecular flexibility index (Phi) is 4.31. The third-order valence-electron chi connectivity index (χ3n) is 2.81. The largest absolute Gasteiger partial charge is 0.288 e. The fraction of sp³-hybridized carbons (Fsp3) is 0.357. The van der Waals surface area contributed by atoms with E-state index in [4.69, 9.17) is 0 Å². The van der Waals surface area contributed by atoms with Crippen molar-refractivity contribution in [3.8, 4) is 0 Å². The Hall–Kier alpha value is -1.42. The first-order chi connectivity index (χ1) is 8.72. The fourth-order valence-corrected chi connectivity index (χ4v) is 2.41. The number of aromatic nitrogens is 1. The van der Waals surface area contributed by atoms with E-state index >= 15 is 0 Å². The first-order valence-electron chi connectivity index (χ1n) is 5.97. The lowest BCUT2D eigenvalue weighted by atomic mass is 9.99. The summed E-state index contributed by atoms with van der Waals surface area (Å²) < 4.78 is 0. The molecule has 1 aliphatic rings. The van der Waals surface area contributed by atoms with Gasteiger partial charge in [0.25, 0.3) is 0 Å². The molecule has 0 saturated carbocycles. The summed E-state index contributed by atoms with van der Waals surface area (Å²) in [5.41, 5.74) is 2.23. The zero-order chi connectivity index (χ0) is 13.0. The van der Waals surface area contributed by atoms with Crippen molar-refractivity contribution >= 4 is 23.3 Å². The molecular weight excluding hydrogens is 244 g/mol. The van der Waals surface area contributed by atoms with Crippen LogP contribution in [0.1, 0.15) is 29.4 Å². The summed E-state index contributed by atoms with van der Waals surface area (Å²) in [6.45, 7) is 2.10. The number of nitrogens with zero attached hydrogens (tertiary/aromatic N) is 2. The minimum Gasteiger partial charge on any atom is -0.288 e. The first kappa shape index (κ1) is 13.0. The molecule has 94 valence electrons. The highest BCUT2D eigenvalue weighted by Gasteiger charge is 2.18. The van der Waals surface area contributed by atoms with Gasteiger partial charge in [0.1, 0.15) is 5.69 Å². The molecule has 1 aliphatic carbocycles. The zero-order valence-electron chi connectivity index (χ0n) is 10.6. The molecule has 0 aromatic carbocycles. The molecule has 1 heterocycles. The standard InChI is InChI=1S/C14H16N2OS/c1-10(7-9-18-2)16-12-5-6-13(17)14-11(12)4-3-8-15-14/h3-6,8,10H,7,9H2,1-2H3. The van der Waals surface area contributed by atoms with E-state index in [0.717, 1.165) is 23.4 Å². The smallest absolute Gasteiger partial charge is 0.204 e. The van der Waals surface area contributed by atoms with Crippen LogP contribution in [0.5, 0.6) is 0 Å². The number of hydrogen-bond acceptors (Lipinski definition) is 4. The van der Waals surface area contributed by atoms with E-state index in [1.165, 1.54) is 0 Å². The molecule has 0 saturated heterocycles. The van der Waals surface area contributed by atoms with Crippen molar-refractivity contribution in [3.63, 3.8) is 0 Å². The number of carbonyl (C=O) groups is 1. The Morgan fingerprint density at radius 2 is 2.28 bits per heavy atom. The number of carbonyl (C=O) groups excluding carboxylic acids is 1. The molecule has 1 unspecified atom stereocenters. The highest BCUT2D eigenvalue weighted by molar-refractivity contribution is 7.98. The lowest BCUT2D eigenvalue weighted by molar-refractivity contribution is 0.104.